The Hall–Kier alpha value is -3.49. The highest BCUT2D eigenvalue weighted by Gasteiger charge is 2.75. The first-order valence-corrected chi connectivity index (χ1v) is 23.3. The van der Waals surface area contributed by atoms with E-state index >= 15 is 0 Å². The van der Waals surface area contributed by atoms with Crippen LogP contribution in [-0.2, 0) is 38.1 Å². The van der Waals surface area contributed by atoms with Gasteiger partial charge in [-0.3, -0.25) is 14.4 Å². The van der Waals surface area contributed by atoms with Crippen molar-refractivity contribution in [2.75, 3.05) is 0 Å². The molecule has 0 aromatic heterocycles. The van der Waals surface area contributed by atoms with E-state index in [0.717, 1.165) is 6.92 Å². The molecule has 0 aromatic rings. The lowest BCUT2D eigenvalue weighted by Crippen LogP contribution is -2.64. The third-order valence-corrected chi connectivity index (χ3v) is 13.0. The van der Waals surface area contributed by atoms with Crippen LogP contribution >= 0.6 is 0 Å². The van der Waals surface area contributed by atoms with Gasteiger partial charge in [0.15, 0.2) is 11.2 Å². The topological polar surface area (TPSA) is 175 Å². The fourth-order valence-electron chi connectivity index (χ4n) is 6.42. The van der Waals surface area contributed by atoms with Crippen molar-refractivity contribution in [3.8, 4) is 0 Å². The van der Waals surface area contributed by atoms with E-state index in [-0.39, 0.29) is 13.3 Å². The summed E-state index contributed by atoms with van der Waals surface area (Å²) in [6.07, 6.45) is -36.6. The monoisotopic (exact) mass is 1120 g/mol. The third kappa shape index (κ3) is 20.1. The molecule has 1 aliphatic carbocycles. The minimum atomic E-state index is -6.28. The van der Waals surface area contributed by atoms with E-state index in [0.29, 0.717) is 19.8 Å². The number of hydrogen-bond donors (Lipinski definition) is 3. The van der Waals surface area contributed by atoms with Crippen LogP contribution < -0.4 is 0 Å². The maximum absolute atomic E-state index is 13.4. The Balaban J connectivity index is 0. The van der Waals surface area contributed by atoms with E-state index in [4.69, 9.17) is 18.9 Å². The fourth-order valence-corrected chi connectivity index (χ4v) is 6.42. The molecule has 1 aliphatic rings. The van der Waals surface area contributed by atoms with Gasteiger partial charge in [0, 0.05) is 24.7 Å². The Morgan fingerprint density at radius 3 is 1.14 bits per heavy atom. The zero-order valence-electron chi connectivity index (χ0n) is 44.7. The Kier molecular flexibility index (Phi) is 24.4. The lowest BCUT2D eigenvalue weighted by Gasteiger charge is -2.47. The minimum absolute atomic E-state index is 0.167. The highest BCUT2D eigenvalue weighted by molar-refractivity contribution is 5.77. The summed E-state index contributed by atoms with van der Waals surface area (Å²) in [5.41, 5.74) is -18.5. The molecule has 8 unspecified atom stereocenters. The van der Waals surface area contributed by atoms with Crippen LogP contribution in [0.4, 0.5) is 70.7 Å². The number of halogens is 15. The summed E-state index contributed by atoms with van der Waals surface area (Å²) >= 11 is 0. The van der Waals surface area contributed by atoms with E-state index in [2.05, 4.69) is 4.74 Å². The molecule has 0 amide bonds. The van der Waals surface area contributed by atoms with Crippen molar-refractivity contribution in [2.24, 2.45) is 28.1 Å². The minimum Gasteiger partial charge on any atom is -0.462 e. The Morgan fingerprint density at radius 1 is 0.473 bits per heavy atom. The van der Waals surface area contributed by atoms with Gasteiger partial charge in [0.1, 0.15) is 23.9 Å². The average Bonchev–Trinajstić information content (AvgIpc) is 3.17. The molecule has 3 N–H and O–H groups in total. The van der Waals surface area contributed by atoms with E-state index in [1.54, 1.807) is 48.5 Å². The fraction of sp³-hybridized carbons (Fsp3) is 0.915. The molecule has 0 saturated heterocycles. The second-order valence-corrected chi connectivity index (χ2v) is 22.2. The molecule has 27 heteroatoms. The number of carbonyl (C=O) groups is 4. The van der Waals surface area contributed by atoms with Gasteiger partial charge in [0.05, 0.1) is 16.2 Å². The van der Waals surface area contributed by atoms with Gasteiger partial charge in [-0.2, -0.15) is 65.9 Å². The van der Waals surface area contributed by atoms with Crippen molar-refractivity contribution in [3.63, 3.8) is 0 Å². The van der Waals surface area contributed by atoms with Crippen LogP contribution in [0.15, 0.2) is 0 Å². The molecule has 1 rings (SSSR count). The summed E-state index contributed by atoms with van der Waals surface area (Å²) in [7, 11) is 0. The lowest BCUT2D eigenvalue weighted by atomic mass is 9.66. The number of aliphatic hydroxyl groups is 3. The van der Waals surface area contributed by atoms with Crippen LogP contribution in [0.1, 0.15) is 169 Å². The normalized spacial score (nSPS) is 21.0. The van der Waals surface area contributed by atoms with Crippen molar-refractivity contribution in [1.29, 1.82) is 0 Å². The summed E-state index contributed by atoms with van der Waals surface area (Å²) in [5.74, 6) is -7.25. The van der Waals surface area contributed by atoms with E-state index in [9.17, 15) is 100 Å². The third-order valence-electron chi connectivity index (χ3n) is 13.0. The van der Waals surface area contributed by atoms with Crippen molar-refractivity contribution in [2.45, 2.75) is 246 Å². The van der Waals surface area contributed by atoms with Gasteiger partial charge in [0.25, 0.3) is 5.60 Å². The number of rotatable bonds is 16. The lowest BCUT2D eigenvalue weighted by molar-refractivity contribution is -0.391. The molecule has 0 aliphatic heterocycles. The van der Waals surface area contributed by atoms with Crippen molar-refractivity contribution in [1.82, 2.24) is 0 Å². The van der Waals surface area contributed by atoms with E-state index in [1.807, 2.05) is 0 Å². The summed E-state index contributed by atoms with van der Waals surface area (Å²) in [6.45, 7) is 23.3. The molecular formula is C47H75F15O12. The molecule has 1 fully saturated rings. The molecule has 0 spiro atoms. The van der Waals surface area contributed by atoms with E-state index < -0.39 is 161 Å². The Bertz CT molecular complexity index is 1810. The number of ether oxygens (including phenoxy) is 5. The largest absolute Gasteiger partial charge is 0.509 e. The van der Waals surface area contributed by atoms with Crippen LogP contribution in [0.5, 0.6) is 0 Å². The first-order chi connectivity index (χ1) is 32.3. The number of hydrogen-bond acceptors (Lipinski definition) is 12. The highest BCUT2D eigenvalue weighted by Crippen LogP contribution is 2.55. The van der Waals surface area contributed by atoms with Gasteiger partial charge < -0.3 is 39.0 Å². The molecule has 74 heavy (non-hydrogen) atoms. The van der Waals surface area contributed by atoms with Crippen LogP contribution in [-0.4, -0.2) is 117 Å². The zero-order chi connectivity index (χ0) is 59.9. The van der Waals surface area contributed by atoms with Gasteiger partial charge in [0.2, 0.25) is 5.60 Å². The Morgan fingerprint density at radius 2 is 0.824 bits per heavy atom. The smallest absolute Gasteiger partial charge is 0.462 e. The van der Waals surface area contributed by atoms with Crippen LogP contribution in [0.3, 0.4) is 0 Å². The Labute approximate surface area is 422 Å². The second kappa shape index (κ2) is 24.9. The van der Waals surface area contributed by atoms with Crippen molar-refractivity contribution in [3.05, 3.63) is 0 Å². The zero-order valence-corrected chi connectivity index (χ0v) is 44.7. The first kappa shape index (κ1) is 72.6. The predicted molar refractivity (Wildman–Crippen MR) is 235 cm³/mol. The number of carbonyl (C=O) groups excluding carboxylic acids is 4. The maximum atomic E-state index is 13.4. The summed E-state index contributed by atoms with van der Waals surface area (Å²) < 4.78 is 222. The van der Waals surface area contributed by atoms with Gasteiger partial charge in [-0.1, -0.05) is 20.8 Å². The summed E-state index contributed by atoms with van der Waals surface area (Å²) in [5, 5.41) is 28.9. The molecule has 0 bridgehead atoms. The molecule has 0 radical (unpaired) electrons. The van der Waals surface area contributed by atoms with Gasteiger partial charge in [-0.25, -0.2) is 4.79 Å². The van der Waals surface area contributed by atoms with E-state index in [1.165, 1.54) is 48.5 Å². The molecule has 1 saturated carbocycles. The van der Waals surface area contributed by atoms with Crippen molar-refractivity contribution >= 4 is 24.1 Å². The average molecular weight is 1120 g/mol. The highest BCUT2D eigenvalue weighted by atomic mass is 19.4. The molecule has 0 aromatic carbocycles. The summed E-state index contributed by atoms with van der Waals surface area (Å²) in [6, 6.07) is 0. The number of esters is 3. The number of alkyl halides is 15. The molecule has 0 heterocycles. The second-order valence-electron chi connectivity index (χ2n) is 22.2. The SMILES string of the molecule is CCC(C)(C)C(=O)OC(C)CC(C)(O)C(F)(F)F.CCC(C)(C)C(=O)OC(C)CC(C)(OC(=O)OC(C)(C)C)C(F)(F)F.CCC(C)(C)C(=O)OC1CC(C(C)(O)C(F)(F)F)CC(C(O)(C(F)(F)F)C(F)(F)F)C1. The molecule has 12 nitrogen and oxygen atoms in total. The predicted octanol–water partition coefficient (Wildman–Crippen LogP) is 13.0. The van der Waals surface area contributed by atoms with Crippen molar-refractivity contribution < 1.29 is 124 Å². The van der Waals surface area contributed by atoms with Gasteiger partial charge in [-0.05, 0) is 135 Å². The van der Waals surface area contributed by atoms with Gasteiger partial charge >= 0.3 is 54.9 Å². The van der Waals surface area contributed by atoms with Crippen LogP contribution in [0, 0.1) is 28.1 Å². The molecule has 440 valence electrons. The standard InChI is InChI=1S/C18H25F9O4.C17H29F3O5.C12H21F3O3/c1-5-13(2,3)12(28)31-11-7-9(14(4,29)16(19,20)21)6-10(8-11)15(30,17(22,23)24)18(25,26)27;1-9-15(6,7)12(21)23-11(2)10-16(8,17(18,19)20)25-13(22)24-14(3,4)5;1-6-10(3,4)9(16)18-8(2)7-11(5,17)12(13,14)15/h9-11,29-30H,5-8H2,1-4H3;11H,9-10H2,1-8H3;8,17H,6-7H2,1-5H3. The first-order valence-electron chi connectivity index (χ1n) is 23.3. The maximum Gasteiger partial charge on any atom is 0.509 e. The van der Waals surface area contributed by atoms with Crippen LogP contribution in [0.2, 0.25) is 0 Å². The summed E-state index contributed by atoms with van der Waals surface area (Å²) in [4.78, 5) is 47.6. The molecule has 8 atom stereocenters. The molecular weight excluding hydrogens is 1040 g/mol. The van der Waals surface area contributed by atoms with Gasteiger partial charge in [-0.15, -0.1) is 0 Å². The van der Waals surface area contributed by atoms with Crippen LogP contribution in [0.25, 0.3) is 0 Å². The quantitative estimate of drug-likeness (QED) is 0.0759.